The molecule has 0 radical (unpaired) electrons. The van der Waals surface area contributed by atoms with Crippen LogP contribution in [0.15, 0.2) is 0 Å². The third kappa shape index (κ3) is 3.49. The summed E-state index contributed by atoms with van der Waals surface area (Å²) in [4.78, 5) is 24.4. The number of rotatable bonds is 4. The van der Waals surface area contributed by atoms with E-state index in [9.17, 15) is 14.7 Å². The summed E-state index contributed by atoms with van der Waals surface area (Å²) in [6, 6.07) is -0.287. The third-order valence-corrected chi connectivity index (χ3v) is 4.71. The number of carboxylic acids is 1. The summed E-state index contributed by atoms with van der Waals surface area (Å²) in [6.07, 6.45) is 4.71. The number of aliphatic hydroxyl groups is 1. The van der Waals surface area contributed by atoms with E-state index in [1.54, 1.807) is 0 Å². The van der Waals surface area contributed by atoms with Crippen molar-refractivity contribution in [2.75, 3.05) is 13.1 Å². The fourth-order valence-corrected chi connectivity index (χ4v) is 3.44. The molecule has 1 heterocycles. The largest absolute Gasteiger partial charge is 0.481 e. The lowest BCUT2D eigenvalue weighted by Gasteiger charge is -2.42. The molecule has 6 nitrogen and oxygen atoms in total. The number of aliphatic carboxylic acids is 1. The van der Waals surface area contributed by atoms with Crippen LogP contribution in [0.3, 0.4) is 0 Å². The minimum atomic E-state index is -0.878. The molecule has 1 atom stereocenters. The first-order valence-corrected chi connectivity index (χ1v) is 7.40. The van der Waals surface area contributed by atoms with Crippen molar-refractivity contribution in [1.29, 1.82) is 0 Å². The second-order valence-corrected chi connectivity index (χ2v) is 6.22. The van der Waals surface area contributed by atoms with Gasteiger partial charge in [-0.1, -0.05) is 6.42 Å². The highest BCUT2D eigenvalue weighted by molar-refractivity contribution is 5.79. The molecule has 2 rings (SSSR count). The number of nitrogens with zero attached hydrogens (tertiary/aromatic N) is 1. The van der Waals surface area contributed by atoms with Crippen LogP contribution < -0.4 is 5.73 Å². The third-order valence-electron chi connectivity index (χ3n) is 4.71. The van der Waals surface area contributed by atoms with Crippen molar-refractivity contribution in [1.82, 2.24) is 4.90 Å². The van der Waals surface area contributed by atoms with Crippen LogP contribution in [0.25, 0.3) is 0 Å². The van der Waals surface area contributed by atoms with Gasteiger partial charge in [-0.05, 0) is 45.1 Å². The van der Waals surface area contributed by atoms with E-state index in [0.29, 0.717) is 32.2 Å². The predicted octanol–water partition coefficient (Wildman–Crippen LogP) is 0.332. The Balaban J connectivity index is 1.94. The van der Waals surface area contributed by atoms with Gasteiger partial charge in [0.15, 0.2) is 0 Å². The zero-order valence-electron chi connectivity index (χ0n) is 11.8. The lowest BCUT2D eigenvalue weighted by molar-refractivity contribution is -0.145. The van der Waals surface area contributed by atoms with Crippen LogP contribution >= 0.6 is 0 Å². The van der Waals surface area contributed by atoms with Gasteiger partial charge in [0.25, 0.3) is 0 Å². The number of primary amides is 1. The number of carboxylic acid groups (broad SMARTS) is 1. The smallest absolute Gasteiger partial charge is 0.306 e. The Bertz CT molecular complexity index is 377. The first-order valence-electron chi connectivity index (χ1n) is 7.40. The Kier molecular flexibility index (Phi) is 4.65. The fraction of sp³-hybridized carbons (Fsp3) is 0.857. The lowest BCUT2D eigenvalue weighted by atomic mass is 9.78. The van der Waals surface area contributed by atoms with E-state index >= 15 is 0 Å². The molecule has 2 aliphatic rings. The van der Waals surface area contributed by atoms with E-state index in [1.807, 2.05) is 4.90 Å². The van der Waals surface area contributed by atoms with E-state index < -0.39 is 11.6 Å². The first-order chi connectivity index (χ1) is 9.41. The van der Waals surface area contributed by atoms with Crippen molar-refractivity contribution in [3.8, 4) is 0 Å². The van der Waals surface area contributed by atoms with Crippen LogP contribution in [0.2, 0.25) is 0 Å². The van der Waals surface area contributed by atoms with Crippen LogP contribution in [0.4, 0.5) is 0 Å². The number of carbonyl (C=O) groups is 2. The highest BCUT2D eigenvalue weighted by atomic mass is 16.4. The summed E-state index contributed by atoms with van der Waals surface area (Å²) >= 11 is 0. The zero-order valence-corrected chi connectivity index (χ0v) is 11.8. The Morgan fingerprint density at radius 3 is 2.40 bits per heavy atom. The van der Waals surface area contributed by atoms with Crippen LogP contribution in [0.1, 0.15) is 44.9 Å². The Morgan fingerprint density at radius 1 is 1.20 bits per heavy atom. The van der Waals surface area contributed by atoms with Gasteiger partial charge in [-0.2, -0.15) is 0 Å². The van der Waals surface area contributed by atoms with Crippen molar-refractivity contribution in [2.24, 2.45) is 11.7 Å². The molecule has 0 aromatic rings. The van der Waals surface area contributed by atoms with Crippen LogP contribution in [-0.2, 0) is 9.59 Å². The predicted molar refractivity (Wildman–Crippen MR) is 73.0 cm³/mol. The zero-order chi connectivity index (χ0) is 14.8. The molecular weight excluding hydrogens is 260 g/mol. The number of amides is 1. The molecule has 0 bridgehead atoms. The van der Waals surface area contributed by atoms with Gasteiger partial charge in [0.05, 0.1) is 17.6 Å². The van der Waals surface area contributed by atoms with Gasteiger partial charge >= 0.3 is 5.97 Å². The minimum absolute atomic E-state index is 0.287. The van der Waals surface area contributed by atoms with Crippen LogP contribution in [0, 0.1) is 5.92 Å². The quantitative estimate of drug-likeness (QED) is 0.690. The van der Waals surface area contributed by atoms with E-state index in [4.69, 9.17) is 10.8 Å². The molecule has 0 aromatic carbocycles. The number of nitrogens with two attached hydrogens (primary N) is 1. The number of hydrogen-bond donors (Lipinski definition) is 3. The molecule has 1 saturated carbocycles. The standard InChI is InChI=1S/C14H24N2O4/c15-12(17)11-3-1-2-8-16(11)9-14(20)6-4-10(5-7-14)13(18)19/h10-11,20H,1-9H2,(H2,15,17)(H,18,19). The molecule has 114 valence electrons. The number of hydrogen-bond acceptors (Lipinski definition) is 4. The van der Waals surface area contributed by atoms with E-state index in [-0.39, 0.29) is 17.9 Å². The molecule has 2 fully saturated rings. The van der Waals surface area contributed by atoms with Gasteiger partial charge in [-0.3, -0.25) is 14.5 Å². The molecule has 4 N–H and O–H groups in total. The Labute approximate surface area is 118 Å². The second-order valence-electron chi connectivity index (χ2n) is 6.22. The molecule has 0 spiro atoms. The van der Waals surface area contributed by atoms with E-state index in [1.165, 1.54) is 0 Å². The summed E-state index contributed by atoms with van der Waals surface area (Å²) in [7, 11) is 0. The van der Waals surface area contributed by atoms with E-state index in [2.05, 4.69) is 0 Å². The maximum atomic E-state index is 11.5. The number of piperidine rings is 1. The molecule has 6 heteroatoms. The normalized spacial score (nSPS) is 35.6. The maximum absolute atomic E-state index is 11.5. The highest BCUT2D eigenvalue weighted by Crippen LogP contribution is 2.34. The van der Waals surface area contributed by atoms with Crippen molar-refractivity contribution in [3.05, 3.63) is 0 Å². The number of β-amino-alcohol motifs (C(OH)–C–C–N with tert-alkyl or cyclic N) is 1. The average molecular weight is 284 g/mol. The summed E-state index contributed by atoms with van der Waals surface area (Å²) in [6.45, 7) is 1.20. The summed E-state index contributed by atoms with van der Waals surface area (Å²) in [5, 5.41) is 19.6. The van der Waals surface area contributed by atoms with Gasteiger partial charge in [-0.15, -0.1) is 0 Å². The van der Waals surface area contributed by atoms with Crippen molar-refractivity contribution in [3.63, 3.8) is 0 Å². The summed E-state index contributed by atoms with van der Waals surface area (Å²) < 4.78 is 0. The van der Waals surface area contributed by atoms with E-state index in [0.717, 1.165) is 25.8 Å². The van der Waals surface area contributed by atoms with Gasteiger partial charge in [-0.25, -0.2) is 0 Å². The molecule has 1 aliphatic carbocycles. The molecule has 0 aromatic heterocycles. The molecular formula is C14H24N2O4. The average Bonchev–Trinajstić information content (AvgIpc) is 2.39. The molecule has 1 unspecified atom stereocenters. The van der Waals surface area contributed by atoms with Crippen LogP contribution in [-0.4, -0.2) is 51.7 Å². The van der Waals surface area contributed by atoms with Gasteiger partial charge in [0, 0.05) is 6.54 Å². The second kappa shape index (κ2) is 6.10. The van der Waals surface area contributed by atoms with Gasteiger partial charge < -0.3 is 15.9 Å². The molecule has 1 aliphatic heterocycles. The number of likely N-dealkylation sites (tertiary alicyclic amines) is 1. The van der Waals surface area contributed by atoms with Crippen molar-refractivity contribution in [2.45, 2.75) is 56.6 Å². The molecule has 20 heavy (non-hydrogen) atoms. The van der Waals surface area contributed by atoms with Crippen molar-refractivity contribution < 1.29 is 19.8 Å². The first kappa shape index (κ1) is 15.3. The maximum Gasteiger partial charge on any atom is 0.306 e. The summed E-state index contributed by atoms with van der Waals surface area (Å²) in [5.74, 6) is -1.45. The highest BCUT2D eigenvalue weighted by Gasteiger charge is 2.39. The van der Waals surface area contributed by atoms with Crippen molar-refractivity contribution >= 4 is 11.9 Å². The monoisotopic (exact) mass is 284 g/mol. The fourth-order valence-electron chi connectivity index (χ4n) is 3.44. The van der Waals surface area contributed by atoms with Gasteiger partial charge in [0.2, 0.25) is 5.91 Å². The summed E-state index contributed by atoms with van der Waals surface area (Å²) in [5.41, 5.74) is 4.55. The SMILES string of the molecule is NC(=O)C1CCCCN1CC1(O)CCC(C(=O)O)CC1. The van der Waals surface area contributed by atoms with Crippen LogP contribution in [0.5, 0.6) is 0 Å². The Morgan fingerprint density at radius 2 is 1.85 bits per heavy atom. The lowest BCUT2D eigenvalue weighted by Crippen LogP contribution is -2.54. The topological polar surface area (TPSA) is 104 Å². The minimum Gasteiger partial charge on any atom is -0.481 e. The van der Waals surface area contributed by atoms with Gasteiger partial charge in [0.1, 0.15) is 0 Å². The molecule has 1 amide bonds. The number of carbonyl (C=O) groups excluding carboxylic acids is 1. The Hall–Kier alpha value is -1.14. The molecule has 1 saturated heterocycles.